The molecule has 0 bridgehead atoms. The summed E-state index contributed by atoms with van der Waals surface area (Å²) in [6, 6.07) is 6.02. The molecule has 0 aliphatic carbocycles. The number of anilines is 1. The van der Waals surface area contributed by atoms with Crippen molar-refractivity contribution in [3.63, 3.8) is 0 Å². The number of fused-ring (bicyclic) bond motifs is 1. The number of thiazole rings is 1. The van der Waals surface area contributed by atoms with Crippen molar-refractivity contribution in [1.29, 1.82) is 5.26 Å². The Morgan fingerprint density at radius 3 is 3.04 bits per heavy atom. The van der Waals surface area contributed by atoms with Gasteiger partial charge in [0.15, 0.2) is 11.3 Å². The third-order valence-electron chi connectivity index (χ3n) is 4.36. The molecule has 1 atom stereocenters. The van der Waals surface area contributed by atoms with Crippen molar-refractivity contribution in [2.24, 2.45) is 13.0 Å². The standard InChI is InChI=1S/C17H16N6OS/c1-22-8-13(7-19-22)11-2-3-14-15(6-11)25-17(20-14)21-16(24)12-4-5-23(9-12)10-18/h2-3,6-8,12H,4-5,9H2,1H3,(H,20,21,24). The lowest BCUT2D eigenvalue weighted by atomic mass is 10.1. The van der Waals surface area contributed by atoms with Gasteiger partial charge in [0.25, 0.3) is 0 Å². The van der Waals surface area contributed by atoms with Crippen LogP contribution in [0.25, 0.3) is 21.3 Å². The number of carbonyl (C=O) groups excluding carboxylic acids is 1. The number of nitrogens with one attached hydrogen (secondary N) is 1. The molecule has 1 N–H and O–H groups in total. The molecule has 25 heavy (non-hydrogen) atoms. The number of benzene rings is 1. The second-order valence-corrected chi connectivity index (χ2v) is 7.16. The molecule has 8 heteroatoms. The van der Waals surface area contributed by atoms with Crippen LogP contribution in [-0.4, -0.2) is 38.7 Å². The first kappa shape index (κ1) is 15.6. The van der Waals surface area contributed by atoms with Gasteiger partial charge in [-0.25, -0.2) is 4.98 Å². The summed E-state index contributed by atoms with van der Waals surface area (Å²) in [4.78, 5) is 18.5. The van der Waals surface area contributed by atoms with Crippen molar-refractivity contribution in [3.8, 4) is 17.3 Å². The number of hydrogen-bond donors (Lipinski definition) is 1. The number of hydrogen-bond acceptors (Lipinski definition) is 6. The maximum atomic E-state index is 12.4. The smallest absolute Gasteiger partial charge is 0.231 e. The third-order valence-corrected chi connectivity index (χ3v) is 5.29. The van der Waals surface area contributed by atoms with Gasteiger partial charge in [0.1, 0.15) is 0 Å². The molecule has 7 nitrogen and oxygen atoms in total. The van der Waals surface area contributed by atoms with Crippen LogP contribution < -0.4 is 5.32 Å². The Morgan fingerprint density at radius 1 is 1.44 bits per heavy atom. The van der Waals surface area contributed by atoms with Gasteiger partial charge in [-0.2, -0.15) is 10.4 Å². The Labute approximate surface area is 148 Å². The molecule has 1 fully saturated rings. The predicted octanol–water partition coefficient (Wildman–Crippen LogP) is 2.44. The molecule has 3 aromatic rings. The van der Waals surface area contributed by atoms with Gasteiger partial charge < -0.3 is 10.2 Å². The lowest BCUT2D eigenvalue weighted by molar-refractivity contribution is -0.119. The molecule has 2 aromatic heterocycles. The van der Waals surface area contributed by atoms with Crippen molar-refractivity contribution in [3.05, 3.63) is 30.6 Å². The minimum atomic E-state index is -0.155. The van der Waals surface area contributed by atoms with Gasteiger partial charge in [-0.1, -0.05) is 17.4 Å². The lowest BCUT2D eigenvalue weighted by Gasteiger charge is -2.08. The number of aromatic nitrogens is 3. The Kier molecular flexibility index (Phi) is 3.86. The highest BCUT2D eigenvalue weighted by Gasteiger charge is 2.28. The maximum Gasteiger partial charge on any atom is 0.231 e. The molecule has 1 unspecified atom stereocenters. The van der Waals surface area contributed by atoms with E-state index in [1.165, 1.54) is 11.3 Å². The van der Waals surface area contributed by atoms with E-state index in [0.29, 0.717) is 24.6 Å². The van der Waals surface area contributed by atoms with Crippen molar-refractivity contribution >= 4 is 32.6 Å². The summed E-state index contributed by atoms with van der Waals surface area (Å²) in [6.07, 6.45) is 6.58. The quantitative estimate of drug-likeness (QED) is 0.732. The molecule has 126 valence electrons. The average molecular weight is 352 g/mol. The maximum absolute atomic E-state index is 12.4. The van der Waals surface area contributed by atoms with E-state index in [9.17, 15) is 4.79 Å². The zero-order valence-electron chi connectivity index (χ0n) is 13.6. The molecule has 0 spiro atoms. The zero-order valence-corrected chi connectivity index (χ0v) is 14.5. The highest BCUT2D eigenvalue weighted by Crippen LogP contribution is 2.31. The fourth-order valence-corrected chi connectivity index (χ4v) is 3.91. The number of nitrogens with zero attached hydrogens (tertiary/aromatic N) is 5. The molecule has 4 rings (SSSR count). The van der Waals surface area contributed by atoms with E-state index in [-0.39, 0.29) is 11.8 Å². The Hall–Kier alpha value is -2.92. The molecule has 1 aliphatic rings. The van der Waals surface area contributed by atoms with Crippen molar-refractivity contribution in [2.45, 2.75) is 6.42 Å². The van der Waals surface area contributed by atoms with E-state index in [1.807, 2.05) is 31.6 Å². The number of nitriles is 1. The van der Waals surface area contributed by atoms with Crippen LogP contribution >= 0.6 is 11.3 Å². The fourth-order valence-electron chi connectivity index (χ4n) is 3.00. The van der Waals surface area contributed by atoms with Crippen molar-refractivity contribution < 1.29 is 4.79 Å². The van der Waals surface area contributed by atoms with Crippen molar-refractivity contribution in [2.75, 3.05) is 18.4 Å². The predicted molar refractivity (Wildman–Crippen MR) is 95.7 cm³/mol. The van der Waals surface area contributed by atoms with Crippen molar-refractivity contribution in [1.82, 2.24) is 19.7 Å². The van der Waals surface area contributed by atoms with E-state index >= 15 is 0 Å². The summed E-state index contributed by atoms with van der Waals surface area (Å²) in [7, 11) is 1.89. The normalized spacial score (nSPS) is 17.0. The highest BCUT2D eigenvalue weighted by atomic mass is 32.1. The number of carbonyl (C=O) groups is 1. The van der Waals surface area contributed by atoms with E-state index in [0.717, 1.165) is 21.3 Å². The summed E-state index contributed by atoms with van der Waals surface area (Å²) >= 11 is 1.46. The van der Waals surface area contributed by atoms with E-state index in [2.05, 4.69) is 27.7 Å². The molecule has 3 heterocycles. The van der Waals surface area contributed by atoms with Crippen LogP contribution in [0.3, 0.4) is 0 Å². The zero-order chi connectivity index (χ0) is 17.4. The summed E-state index contributed by atoms with van der Waals surface area (Å²) < 4.78 is 2.78. The number of rotatable bonds is 3. The Morgan fingerprint density at radius 2 is 2.32 bits per heavy atom. The van der Waals surface area contributed by atoms with Gasteiger partial charge in [0, 0.05) is 31.9 Å². The van der Waals surface area contributed by atoms with Gasteiger partial charge in [0.05, 0.1) is 22.3 Å². The van der Waals surface area contributed by atoms with Crippen LogP contribution in [0.2, 0.25) is 0 Å². The Bertz CT molecular complexity index is 985. The van der Waals surface area contributed by atoms with Crippen LogP contribution in [-0.2, 0) is 11.8 Å². The molecule has 1 saturated heterocycles. The second kappa shape index (κ2) is 6.18. The van der Waals surface area contributed by atoms with Gasteiger partial charge in [0.2, 0.25) is 5.91 Å². The molecular weight excluding hydrogens is 336 g/mol. The van der Waals surface area contributed by atoms with Crippen LogP contribution in [0.5, 0.6) is 0 Å². The SMILES string of the molecule is Cn1cc(-c2ccc3nc(NC(=O)C4CCN(C#N)C4)sc3c2)cn1. The number of aryl methyl sites for hydroxylation is 1. The van der Waals surface area contributed by atoms with Crippen LogP contribution in [0.4, 0.5) is 5.13 Å². The average Bonchev–Trinajstić information content (AvgIpc) is 3.32. The van der Waals surface area contributed by atoms with Crippen LogP contribution in [0.1, 0.15) is 6.42 Å². The number of likely N-dealkylation sites (tertiary alicyclic amines) is 1. The first-order valence-electron chi connectivity index (χ1n) is 7.97. The monoisotopic (exact) mass is 352 g/mol. The van der Waals surface area contributed by atoms with Gasteiger partial charge in [-0.3, -0.25) is 9.48 Å². The first-order valence-corrected chi connectivity index (χ1v) is 8.79. The molecular formula is C17H16N6OS. The van der Waals surface area contributed by atoms with Gasteiger partial charge in [-0.15, -0.1) is 0 Å². The van der Waals surface area contributed by atoms with Gasteiger partial charge in [-0.05, 0) is 24.1 Å². The van der Waals surface area contributed by atoms with Crippen LogP contribution in [0, 0.1) is 17.4 Å². The van der Waals surface area contributed by atoms with Gasteiger partial charge >= 0.3 is 0 Å². The first-order chi connectivity index (χ1) is 12.1. The van der Waals surface area contributed by atoms with Crippen LogP contribution in [0.15, 0.2) is 30.6 Å². The minimum absolute atomic E-state index is 0.0655. The molecule has 1 amide bonds. The van der Waals surface area contributed by atoms with E-state index < -0.39 is 0 Å². The Balaban J connectivity index is 1.53. The molecule has 0 radical (unpaired) electrons. The minimum Gasteiger partial charge on any atom is -0.310 e. The fraction of sp³-hybridized carbons (Fsp3) is 0.294. The molecule has 1 aliphatic heterocycles. The van der Waals surface area contributed by atoms with E-state index in [4.69, 9.17) is 5.26 Å². The summed E-state index contributed by atoms with van der Waals surface area (Å²) in [5.41, 5.74) is 2.98. The summed E-state index contributed by atoms with van der Waals surface area (Å²) in [5.74, 6) is -0.220. The highest BCUT2D eigenvalue weighted by molar-refractivity contribution is 7.22. The molecule has 0 saturated carbocycles. The largest absolute Gasteiger partial charge is 0.310 e. The summed E-state index contributed by atoms with van der Waals surface area (Å²) in [5, 5.41) is 16.6. The second-order valence-electron chi connectivity index (χ2n) is 6.13. The number of amides is 1. The lowest BCUT2D eigenvalue weighted by Crippen LogP contribution is -2.25. The third kappa shape index (κ3) is 3.06. The molecule has 1 aromatic carbocycles. The summed E-state index contributed by atoms with van der Waals surface area (Å²) in [6.45, 7) is 1.13. The van der Waals surface area contributed by atoms with E-state index in [1.54, 1.807) is 9.58 Å². The topological polar surface area (TPSA) is 86.8 Å².